The van der Waals surface area contributed by atoms with Crippen LogP contribution in [0.2, 0.25) is 0 Å². The molecule has 1 aromatic heterocycles. The molecule has 1 aromatic carbocycles. The number of amides is 1. The van der Waals surface area contributed by atoms with Crippen molar-refractivity contribution in [2.45, 2.75) is 6.42 Å². The van der Waals surface area contributed by atoms with Crippen LogP contribution in [0.1, 0.15) is 16.1 Å². The summed E-state index contributed by atoms with van der Waals surface area (Å²) in [5, 5.41) is 0. The molecule has 2 heterocycles. The number of rotatable bonds is 1. The second-order valence-corrected chi connectivity index (χ2v) is 5.44. The van der Waals surface area contributed by atoms with Crippen LogP contribution in [-0.2, 0) is 6.42 Å². The van der Waals surface area contributed by atoms with Gasteiger partial charge in [0.15, 0.2) is 0 Å². The van der Waals surface area contributed by atoms with Gasteiger partial charge in [-0.2, -0.15) is 0 Å². The first-order chi connectivity index (χ1) is 9.08. The van der Waals surface area contributed by atoms with Crippen molar-refractivity contribution < 1.29 is 9.18 Å². The number of carbonyl (C=O) groups excluding carboxylic acids is 1. The van der Waals surface area contributed by atoms with E-state index in [1.165, 1.54) is 12.1 Å². The van der Waals surface area contributed by atoms with Crippen LogP contribution in [0, 0.1) is 5.82 Å². The third-order valence-electron chi connectivity index (χ3n) is 3.42. The fraction of sp³-hybridized carbons (Fsp3) is 0.214. The molecular weight excluding hydrogens is 311 g/mol. The maximum Gasteiger partial charge on any atom is 0.256 e. The van der Waals surface area contributed by atoms with Crippen LogP contribution in [0.25, 0.3) is 11.1 Å². The summed E-state index contributed by atoms with van der Waals surface area (Å²) < 4.78 is 13.8. The van der Waals surface area contributed by atoms with Crippen LogP contribution >= 0.6 is 15.9 Å². The molecule has 0 radical (unpaired) electrons. The third-order valence-corrected chi connectivity index (χ3v) is 4.02. The maximum absolute atomic E-state index is 13.0. The molecule has 3 rings (SSSR count). The first-order valence-corrected chi connectivity index (χ1v) is 6.79. The van der Waals surface area contributed by atoms with Gasteiger partial charge in [-0.1, -0.05) is 12.1 Å². The second kappa shape index (κ2) is 4.49. The van der Waals surface area contributed by atoms with Crippen molar-refractivity contribution in [3.63, 3.8) is 0 Å². The molecule has 0 unspecified atom stereocenters. The lowest BCUT2D eigenvalue weighted by atomic mass is 9.98. The minimum Gasteiger partial charge on any atom is -0.352 e. The molecule has 2 aromatic rings. The lowest BCUT2D eigenvalue weighted by molar-refractivity contribution is 0.0781. The van der Waals surface area contributed by atoms with Crippen LogP contribution < -0.4 is 0 Å². The Morgan fingerprint density at radius 3 is 2.63 bits per heavy atom. The number of H-pyrrole nitrogens is 1. The van der Waals surface area contributed by atoms with Gasteiger partial charge in [-0.3, -0.25) is 4.79 Å². The van der Waals surface area contributed by atoms with Crippen LogP contribution in [-0.4, -0.2) is 29.4 Å². The largest absolute Gasteiger partial charge is 0.352 e. The fourth-order valence-corrected chi connectivity index (χ4v) is 3.07. The van der Waals surface area contributed by atoms with E-state index in [-0.39, 0.29) is 11.7 Å². The highest BCUT2D eigenvalue weighted by atomic mass is 79.9. The molecule has 0 atom stereocenters. The number of fused-ring (bicyclic) bond motifs is 1. The summed E-state index contributed by atoms with van der Waals surface area (Å²) in [6.07, 6.45) is 0.803. The van der Waals surface area contributed by atoms with Crippen molar-refractivity contribution >= 4 is 21.8 Å². The van der Waals surface area contributed by atoms with E-state index < -0.39 is 0 Å². The number of halogens is 2. The minimum atomic E-state index is -0.285. The molecule has 1 aliphatic heterocycles. The average Bonchev–Trinajstić information content (AvgIpc) is 2.72. The molecule has 98 valence electrons. The molecule has 0 saturated heterocycles. The molecule has 5 heteroatoms. The van der Waals surface area contributed by atoms with Gasteiger partial charge in [0.05, 0.1) is 10.2 Å². The van der Waals surface area contributed by atoms with Crippen LogP contribution in [0.4, 0.5) is 4.39 Å². The molecule has 1 N–H and O–H groups in total. The van der Waals surface area contributed by atoms with E-state index in [1.807, 2.05) is 0 Å². The predicted molar refractivity (Wildman–Crippen MR) is 74.6 cm³/mol. The zero-order valence-electron chi connectivity index (χ0n) is 10.3. The molecular formula is C14H12BrFN2O. The summed E-state index contributed by atoms with van der Waals surface area (Å²) in [6, 6.07) is 6.17. The first kappa shape index (κ1) is 12.4. The number of benzene rings is 1. The number of hydrogen-bond acceptors (Lipinski definition) is 1. The Morgan fingerprint density at radius 1 is 1.26 bits per heavy atom. The monoisotopic (exact) mass is 322 g/mol. The first-order valence-electron chi connectivity index (χ1n) is 5.99. The molecule has 0 aliphatic carbocycles. The van der Waals surface area contributed by atoms with E-state index in [1.54, 1.807) is 24.1 Å². The van der Waals surface area contributed by atoms with Crippen LogP contribution in [0.15, 0.2) is 28.9 Å². The molecule has 19 heavy (non-hydrogen) atoms. The normalized spacial score (nSPS) is 14.7. The van der Waals surface area contributed by atoms with Crippen molar-refractivity contribution in [3.8, 4) is 11.1 Å². The van der Waals surface area contributed by atoms with E-state index in [0.717, 1.165) is 27.8 Å². The number of likely N-dealkylation sites (N-methyl/N-ethyl adjacent to an activating group) is 1. The summed E-state index contributed by atoms with van der Waals surface area (Å²) in [4.78, 5) is 17.2. The maximum atomic E-state index is 13.0. The Labute approximate surface area is 118 Å². The van der Waals surface area contributed by atoms with Crippen molar-refractivity contribution in [1.82, 2.24) is 9.88 Å². The Bertz CT molecular complexity index is 648. The van der Waals surface area contributed by atoms with Crippen LogP contribution in [0.5, 0.6) is 0 Å². The smallest absolute Gasteiger partial charge is 0.256 e. The van der Waals surface area contributed by atoms with E-state index in [0.29, 0.717) is 12.1 Å². The number of nitrogens with one attached hydrogen (secondary N) is 1. The van der Waals surface area contributed by atoms with E-state index in [2.05, 4.69) is 20.9 Å². The molecule has 0 bridgehead atoms. The predicted octanol–water partition coefficient (Wildman–Crippen LogP) is 3.21. The van der Waals surface area contributed by atoms with Crippen molar-refractivity contribution in [1.29, 1.82) is 0 Å². The Morgan fingerprint density at radius 2 is 1.95 bits per heavy atom. The van der Waals surface area contributed by atoms with Gasteiger partial charge in [-0.05, 0) is 33.6 Å². The van der Waals surface area contributed by atoms with Crippen molar-refractivity contribution in [3.05, 3.63) is 45.9 Å². The lowest BCUT2D eigenvalue weighted by Crippen LogP contribution is -2.34. The van der Waals surface area contributed by atoms with E-state index >= 15 is 0 Å². The van der Waals surface area contributed by atoms with Crippen molar-refractivity contribution in [2.75, 3.05) is 13.6 Å². The highest BCUT2D eigenvalue weighted by molar-refractivity contribution is 9.10. The van der Waals surface area contributed by atoms with Gasteiger partial charge in [0.2, 0.25) is 0 Å². The lowest BCUT2D eigenvalue weighted by Gasteiger charge is -2.23. The molecule has 3 nitrogen and oxygen atoms in total. The number of nitrogens with zero attached hydrogens (tertiary/aromatic N) is 1. The molecule has 0 saturated carbocycles. The molecule has 1 amide bonds. The van der Waals surface area contributed by atoms with Gasteiger partial charge < -0.3 is 9.88 Å². The summed E-state index contributed by atoms with van der Waals surface area (Å²) in [5.41, 5.74) is 3.27. The van der Waals surface area contributed by atoms with Crippen LogP contribution in [0.3, 0.4) is 0 Å². The standard InChI is InChI=1S/C14H12BrFN2O/c1-18-7-6-10-12(14(18)19)11(13(15)17-10)8-2-4-9(16)5-3-8/h2-5,17H,6-7H2,1H3. The summed E-state index contributed by atoms with van der Waals surface area (Å²) >= 11 is 3.46. The Hall–Kier alpha value is -1.62. The molecule has 0 spiro atoms. The topological polar surface area (TPSA) is 36.1 Å². The quantitative estimate of drug-likeness (QED) is 0.859. The third kappa shape index (κ3) is 1.98. The SMILES string of the molecule is CN1CCc2[nH]c(Br)c(-c3ccc(F)cc3)c2C1=O. The fourth-order valence-electron chi connectivity index (χ4n) is 2.40. The highest BCUT2D eigenvalue weighted by Crippen LogP contribution is 2.36. The summed E-state index contributed by atoms with van der Waals surface area (Å²) in [5.74, 6) is -0.282. The van der Waals surface area contributed by atoms with E-state index in [4.69, 9.17) is 0 Å². The zero-order chi connectivity index (χ0) is 13.6. The highest BCUT2D eigenvalue weighted by Gasteiger charge is 2.29. The summed E-state index contributed by atoms with van der Waals surface area (Å²) in [6.45, 7) is 0.710. The average molecular weight is 323 g/mol. The van der Waals surface area contributed by atoms with Crippen molar-refractivity contribution in [2.24, 2.45) is 0 Å². The van der Waals surface area contributed by atoms with Gasteiger partial charge in [0.25, 0.3) is 5.91 Å². The van der Waals surface area contributed by atoms with Gasteiger partial charge in [0, 0.05) is 31.3 Å². The van der Waals surface area contributed by atoms with Gasteiger partial charge in [0.1, 0.15) is 5.82 Å². The molecule has 0 fully saturated rings. The Kier molecular flexibility index (Phi) is 2.93. The van der Waals surface area contributed by atoms with Gasteiger partial charge in [-0.25, -0.2) is 4.39 Å². The molecule has 1 aliphatic rings. The van der Waals surface area contributed by atoms with Gasteiger partial charge >= 0.3 is 0 Å². The second-order valence-electron chi connectivity index (χ2n) is 4.65. The van der Waals surface area contributed by atoms with Gasteiger partial charge in [-0.15, -0.1) is 0 Å². The minimum absolute atomic E-state index is 0.00234. The van der Waals surface area contributed by atoms with E-state index in [9.17, 15) is 9.18 Å². The number of aromatic amines is 1. The zero-order valence-corrected chi connectivity index (χ0v) is 11.9. The number of hydrogen-bond donors (Lipinski definition) is 1. The number of aromatic nitrogens is 1. The number of carbonyl (C=O) groups is 1. The Balaban J connectivity index is 2.19. The summed E-state index contributed by atoms with van der Waals surface area (Å²) in [7, 11) is 1.79.